The highest BCUT2D eigenvalue weighted by molar-refractivity contribution is 7.00. The van der Waals surface area contributed by atoms with E-state index in [1.165, 1.54) is 117 Å². The number of fused-ring (bicyclic) bond motifs is 7. The molecule has 1 atom stereocenters. The largest absolute Gasteiger partial charge is 0.311 e. The van der Waals surface area contributed by atoms with Gasteiger partial charge in [0.25, 0.3) is 6.71 Å². The average Bonchev–Trinajstić information content (AvgIpc) is 3.38. The molecule has 370 valence electrons. The topological polar surface area (TPSA) is 6.48 Å². The lowest BCUT2D eigenvalue weighted by molar-refractivity contribution is 0.251. The van der Waals surface area contributed by atoms with E-state index in [1.54, 1.807) is 0 Å². The van der Waals surface area contributed by atoms with Crippen molar-refractivity contribution in [3.63, 3.8) is 0 Å². The van der Waals surface area contributed by atoms with Crippen LogP contribution < -0.4 is 26.2 Å². The zero-order valence-electron chi connectivity index (χ0n) is 46.1. The molecule has 0 spiro atoms. The molecule has 6 aliphatic rings. The quantitative estimate of drug-likeness (QED) is 0.163. The van der Waals surface area contributed by atoms with Gasteiger partial charge in [0.2, 0.25) is 0 Å². The second-order valence-electron chi connectivity index (χ2n) is 27.1. The fourth-order valence-corrected chi connectivity index (χ4v) is 14.6. The van der Waals surface area contributed by atoms with Crippen molar-refractivity contribution in [1.29, 1.82) is 0 Å². The maximum atomic E-state index is 2.77. The third-order valence-electron chi connectivity index (χ3n) is 19.1. The molecule has 0 amide bonds. The van der Waals surface area contributed by atoms with Crippen molar-refractivity contribution in [3.05, 3.63) is 197 Å². The van der Waals surface area contributed by atoms with Crippen LogP contribution in [0.4, 0.5) is 34.1 Å². The monoisotopic (exact) mass is 965 g/mol. The first-order valence-electron chi connectivity index (χ1n) is 27.7. The van der Waals surface area contributed by atoms with Gasteiger partial charge in [0.05, 0.1) is 5.69 Å². The summed E-state index contributed by atoms with van der Waals surface area (Å²) in [6, 6.07) is 64.5. The van der Waals surface area contributed by atoms with Crippen molar-refractivity contribution in [2.75, 3.05) is 9.80 Å². The number of benzene rings is 8. The number of hydrogen-bond acceptors (Lipinski definition) is 2. The predicted octanol–water partition coefficient (Wildman–Crippen LogP) is 17.4. The predicted molar refractivity (Wildman–Crippen MR) is 318 cm³/mol. The molecular weight excluding hydrogens is 892 g/mol. The highest BCUT2D eigenvalue weighted by Crippen LogP contribution is 2.57. The van der Waals surface area contributed by atoms with Gasteiger partial charge in [-0.15, -0.1) is 0 Å². The molecule has 6 bridgehead atoms. The summed E-state index contributed by atoms with van der Waals surface area (Å²) in [5.41, 5.74) is 27.9. The summed E-state index contributed by atoms with van der Waals surface area (Å²) in [5, 5.41) is 0. The molecule has 0 saturated carbocycles. The first kappa shape index (κ1) is 47.2. The van der Waals surface area contributed by atoms with Gasteiger partial charge in [-0.2, -0.15) is 0 Å². The van der Waals surface area contributed by atoms with Gasteiger partial charge in [0, 0.05) is 34.0 Å². The Kier molecular flexibility index (Phi) is 10.2. The minimum Gasteiger partial charge on any atom is -0.311 e. The molecular formula is C71H73BN2. The van der Waals surface area contributed by atoms with Crippen LogP contribution in [0.5, 0.6) is 0 Å². The van der Waals surface area contributed by atoms with Gasteiger partial charge in [-0.3, -0.25) is 0 Å². The molecule has 0 aromatic heterocycles. The van der Waals surface area contributed by atoms with E-state index in [-0.39, 0.29) is 39.2 Å². The van der Waals surface area contributed by atoms with E-state index in [0.717, 1.165) is 32.1 Å². The standard InChI is InChI=1S/C71H73BN2/c1-66(2,3)50-27-32-60-53(39-50)49-25-30-54-55(37-49)69(8,9)35-36-71(54,12)44-70(10,11)51-40-63-65-64(41-51)74(60)62-43-57-56(67(4,5)33-34-68(57,6)7)42-59(62)72(65)58-38-48(46-21-17-14-18-22-46)26-31-61(58)73(63)52-28-23-47(24-29-52)45-19-15-13-16-20-45/h13-32,37-43H,33-36,44H2,1-12H3. The Morgan fingerprint density at radius 2 is 0.919 bits per heavy atom. The molecule has 8 aromatic carbocycles. The van der Waals surface area contributed by atoms with Crippen LogP contribution in [0, 0.1) is 0 Å². The van der Waals surface area contributed by atoms with Crippen LogP contribution in [0.25, 0.3) is 33.4 Å². The Morgan fingerprint density at radius 1 is 0.392 bits per heavy atom. The summed E-state index contributed by atoms with van der Waals surface area (Å²) in [6.07, 6.45) is 5.68. The Bertz CT molecular complexity index is 3590. The summed E-state index contributed by atoms with van der Waals surface area (Å²) in [6.45, 7) is 29.8. The summed E-state index contributed by atoms with van der Waals surface area (Å²) < 4.78 is 0. The zero-order chi connectivity index (χ0) is 51.5. The highest BCUT2D eigenvalue weighted by Gasteiger charge is 2.49. The second-order valence-corrected chi connectivity index (χ2v) is 27.1. The first-order valence-corrected chi connectivity index (χ1v) is 27.7. The van der Waals surface area contributed by atoms with Crippen LogP contribution in [0.3, 0.4) is 0 Å². The molecule has 2 aliphatic carbocycles. The normalized spacial score (nSPS) is 20.0. The summed E-state index contributed by atoms with van der Waals surface area (Å²) in [4.78, 5) is 5.41. The minimum absolute atomic E-state index is 0.0101. The smallest absolute Gasteiger partial charge is 0.252 e. The molecule has 8 aromatic rings. The van der Waals surface area contributed by atoms with Gasteiger partial charge in [-0.25, -0.2) is 0 Å². The van der Waals surface area contributed by atoms with E-state index in [4.69, 9.17) is 0 Å². The molecule has 2 nitrogen and oxygen atoms in total. The average molecular weight is 965 g/mol. The molecule has 0 radical (unpaired) electrons. The summed E-state index contributed by atoms with van der Waals surface area (Å²) in [5.74, 6) is 0. The minimum atomic E-state index is -0.186. The Labute approximate surface area is 443 Å². The van der Waals surface area contributed by atoms with Gasteiger partial charge in [-0.1, -0.05) is 198 Å². The Hall–Kier alpha value is -6.58. The molecule has 0 fully saturated rings. The van der Waals surface area contributed by atoms with Crippen molar-refractivity contribution in [1.82, 2.24) is 0 Å². The number of anilines is 6. The maximum Gasteiger partial charge on any atom is 0.252 e. The molecule has 0 saturated heterocycles. The van der Waals surface area contributed by atoms with E-state index in [1.807, 2.05) is 0 Å². The van der Waals surface area contributed by atoms with Gasteiger partial charge in [0.15, 0.2) is 0 Å². The fourth-order valence-electron chi connectivity index (χ4n) is 14.6. The van der Waals surface area contributed by atoms with Crippen LogP contribution >= 0.6 is 0 Å². The van der Waals surface area contributed by atoms with Crippen LogP contribution in [0.1, 0.15) is 149 Å². The van der Waals surface area contributed by atoms with E-state index in [9.17, 15) is 0 Å². The lowest BCUT2D eigenvalue weighted by atomic mass is 9.33. The lowest BCUT2D eigenvalue weighted by Crippen LogP contribution is -2.62. The van der Waals surface area contributed by atoms with Crippen LogP contribution in [-0.4, -0.2) is 6.71 Å². The van der Waals surface area contributed by atoms with Crippen molar-refractivity contribution in [3.8, 4) is 33.4 Å². The number of rotatable bonds is 3. The number of nitrogens with zero attached hydrogens (tertiary/aromatic N) is 2. The molecule has 3 heteroatoms. The van der Waals surface area contributed by atoms with E-state index in [2.05, 4.69) is 257 Å². The highest BCUT2D eigenvalue weighted by atomic mass is 15.2. The third kappa shape index (κ3) is 7.18. The Balaban J connectivity index is 1.19. The molecule has 4 heterocycles. The van der Waals surface area contributed by atoms with E-state index >= 15 is 0 Å². The molecule has 1 unspecified atom stereocenters. The van der Waals surface area contributed by atoms with Crippen LogP contribution in [0.2, 0.25) is 0 Å². The van der Waals surface area contributed by atoms with Gasteiger partial charge >= 0.3 is 0 Å². The maximum absolute atomic E-state index is 2.77. The van der Waals surface area contributed by atoms with Crippen molar-refractivity contribution < 1.29 is 0 Å². The van der Waals surface area contributed by atoms with Crippen molar-refractivity contribution >= 4 is 57.2 Å². The second kappa shape index (κ2) is 16.0. The van der Waals surface area contributed by atoms with Gasteiger partial charge < -0.3 is 9.80 Å². The Morgan fingerprint density at radius 3 is 1.57 bits per heavy atom. The van der Waals surface area contributed by atoms with Gasteiger partial charge in [0.1, 0.15) is 0 Å². The van der Waals surface area contributed by atoms with Crippen LogP contribution in [0.15, 0.2) is 164 Å². The molecule has 4 aliphatic heterocycles. The number of hydrogen-bond donors (Lipinski definition) is 0. The lowest BCUT2D eigenvalue weighted by Gasteiger charge is -2.49. The van der Waals surface area contributed by atoms with E-state index in [0.29, 0.717) is 0 Å². The first-order chi connectivity index (χ1) is 35.1. The van der Waals surface area contributed by atoms with Crippen molar-refractivity contribution in [2.45, 2.75) is 148 Å². The SMILES string of the molecule is CC(C)(C)c1ccc2c(c1)-c1ccc3c(c1)C(C)(C)CCC3(C)CC(C)(C)c1cc3c4c(c1)N2c1cc2c(cc1B4c1cc(-c4ccccc4)ccc1N3c1ccc(-c3ccccc3)cc1)C(C)(C)CCC2(C)C. The third-order valence-corrected chi connectivity index (χ3v) is 19.1. The zero-order valence-corrected chi connectivity index (χ0v) is 46.1. The van der Waals surface area contributed by atoms with Gasteiger partial charge in [-0.05, 0) is 191 Å². The fraction of sp³-hybridized carbons (Fsp3) is 0.324. The molecule has 74 heavy (non-hydrogen) atoms. The molecule has 14 rings (SSSR count). The van der Waals surface area contributed by atoms with Crippen LogP contribution in [-0.2, 0) is 32.5 Å². The summed E-state index contributed by atoms with van der Waals surface area (Å²) >= 11 is 0. The summed E-state index contributed by atoms with van der Waals surface area (Å²) in [7, 11) is 0. The van der Waals surface area contributed by atoms with E-state index < -0.39 is 0 Å². The van der Waals surface area contributed by atoms with Crippen molar-refractivity contribution in [2.24, 2.45) is 0 Å². The molecule has 0 N–H and O–H groups in total.